The number of nitrogens with zero attached hydrogens (tertiary/aromatic N) is 2. The van der Waals surface area contributed by atoms with Crippen LogP contribution >= 0.6 is 55.1 Å². The van der Waals surface area contributed by atoms with E-state index in [1.807, 2.05) is 0 Å². The Bertz CT molecular complexity index is 1370. The minimum atomic E-state index is -2.02. The first-order valence-corrected chi connectivity index (χ1v) is 13.4. The van der Waals surface area contributed by atoms with E-state index in [9.17, 15) is 29.1 Å². The van der Waals surface area contributed by atoms with E-state index in [-0.39, 0.29) is 28.8 Å². The Morgan fingerprint density at radius 1 is 1.14 bits per heavy atom. The zero-order valence-electron chi connectivity index (χ0n) is 19.3. The van der Waals surface area contributed by atoms with Crippen LogP contribution in [0.15, 0.2) is 26.7 Å². The number of nitrogens with two attached hydrogens (primary N) is 1. The van der Waals surface area contributed by atoms with Crippen LogP contribution in [0.1, 0.15) is 24.3 Å². The van der Waals surface area contributed by atoms with Crippen LogP contribution in [0.25, 0.3) is 0 Å². The van der Waals surface area contributed by atoms with Crippen LogP contribution in [0.5, 0.6) is 11.5 Å². The van der Waals surface area contributed by atoms with Crippen LogP contribution in [0.3, 0.4) is 0 Å². The first-order valence-electron chi connectivity index (χ1n) is 11.1. The van der Waals surface area contributed by atoms with Gasteiger partial charge in [-0.3, -0.25) is 24.1 Å². The number of primary amides is 1. The van der Waals surface area contributed by atoms with E-state index >= 15 is 0 Å². The van der Waals surface area contributed by atoms with Crippen molar-refractivity contribution in [1.29, 1.82) is 0 Å². The molecule has 1 saturated carbocycles. The standard InChI is InChI=1S/C23H19Br2Cl2N3O7/c1-29-19(34)22(26)6-10-7(3-4-8-12(10)18(33)30(17(8)32)21(28)36)13(23(22,27)20(29)35)9-5-11(37-2)16(31)15(25)14(9)24/h3,5,8,10,12-13,31H,4,6H2,1-2H3,(H2,28,36). The zero-order chi connectivity index (χ0) is 27.4. The Balaban J connectivity index is 1.79. The van der Waals surface area contributed by atoms with E-state index in [1.165, 1.54) is 20.2 Å². The summed E-state index contributed by atoms with van der Waals surface area (Å²) in [6.45, 7) is 0. The third-order valence-corrected chi connectivity index (χ3v) is 11.5. The summed E-state index contributed by atoms with van der Waals surface area (Å²) in [4.78, 5) is 62.4. The number of halogens is 4. The van der Waals surface area contributed by atoms with Crippen LogP contribution in [0, 0.1) is 17.8 Å². The van der Waals surface area contributed by atoms with Gasteiger partial charge in [0.05, 0.1) is 23.4 Å². The van der Waals surface area contributed by atoms with E-state index in [0.717, 1.165) is 4.90 Å². The number of benzene rings is 1. The minimum absolute atomic E-state index is 0.0547. The van der Waals surface area contributed by atoms with Crippen molar-refractivity contribution < 1.29 is 33.8 Å². The third-order valence-electron chi connectivity index (χ3n) is 7.94. The van der Waals surface area contributed by atoms with E-state index in [2.05, 4.69) is 31.9 Å². The molecule has 0 radical (unpaired) electrons. The lowest BCUT2D eigenvalue weighted by atomic mass is 9.56. The molecule has 2 saturated heterocycles. The molecular formula is C23H19Br2Cl2N3O7. The summed E-state index contributed by atoms with van der Waals surface area (Å²) < 4.78 is 5.84. The molecule has 6 amide bonds. The van der Waals surface area contributed by atoms with Crippen molar-refractivity contribution in [3.05, 3.63) is 32.2 Å². The number of allylic oxidation sites excluding steroid dienone is 2. The molecule has 4 aliphatic rings. The normalized spacial score (nSPS) is 34.8. The van der Waals surface area contributed by atoms with Gasteiger partial charge < -0.3 is 15.6 Å². The third kappa shape index (κ3) is 3.12. The van der Waals surface area contributed by atoms with Crippen molar-refractivity contribution >= 4 is 84.7 Å². The fourth-order valence-corrected chi connectivity index (χ4v) is 8.25. The number of carbonyl (C=O) groups excluding carboxylic acids is 5. The van der Waals surface area contributed by atoms with Crippen LogP contribution < -0.4 is 10.5 Å². The van der Waals surface area contributed by atoms with Gasteiger partial charge in [-0.05, 0) is 62.2 Å². The van der Waals surface area contributed by atoms with Crippen molar-refractivity contribution in [3.8, 4) is 11.5 Å². The van der Waals surface area contributed by atoms with Crippen molar-refractivity contribution in [1.82, 2.24) is 9.80 Å². The predicted molar refractivity (Wildman–Crippen MR) is 137 cm³/mol. The first kappa shape index (κ1) is 26.5. The molecule has 1 aromatic rings. The second kappa shape index (κ2) is 8.42. The highest BCUT2D eigenvalue weighted by atomic mass is 79.9. The van der Waals surface area contributed by atoms with Gasteiger partial charge in [-0.1, -0.05) is 11.6 Å². The van der Waals surface area contributed by atoms with Crippen LogP contribution in [0.4, 0.5) is 4.79 Å². The molecule has 6 unspecified atom stereocenters. The molecule has 2 aliphatic heterocycles. The molecule has 2 aliphatic carbocycles. The Labute approximate surface area is 237 Å². The number of phenolic OH excluding ortho intramolecular Hbond substituents is 1. The Morgan fingerprint density at radius 2 is 1.78 bits per heavy atom. The number of rotatable bonds is 2. The van der Waals surface area contributed by atoms with Gasteiger partial charge in [0.2, 0.25) is 11.8 Å². The lowest BCUT2D eigenvalue weighted by Crippen LogP contribution is -2.60. The number of amides is 6. The predicted octanol–water partition coefficient (Wildman–Crippen LogP) is 2.99. The van der Waals surface area contributed by atoms with Crippen LogP contribution in [-0.4, -0.2) is 68.5 Å². The first-order chi connectivity index (χ1) is 17.2. The molecule has 37 heavy (non-hydrogen) atoms. The molecule has 6 atom stereocenters. The highest BCUT2D eigenvalue weighted by Crippen LogP contribution is 2.66. The zero-order valence-corrected chi connectivity index (χ0v) is 23.9. The fraction of sp³-hybridized carbons (Fsp3) is 0.435. The number of likely N-dealkylation sites (tertiary alicyclic amines) is 2. The molecule has 3 fully saturated rings. The topological polar surface area (TPSA) is 147 Å². The number of alkyl halides is 2. The second-order valence-corrected chi connectivity index (χ2v) is 12.3. The number of phenols is 1. The van der Waals surface area contributed by atoms with Gasteiger partial charge in [0, 0.05) is 17.4 Å². The van der Waals surface area contributed by atoms with Crippen LogP contribution in [0.2, 0.25) is 0 Å². The van der Waals surface area contributed by atoms with Gasteiger partial charge in [-0.15, -0.1) is 23.2 Å². The van der Waals surface area contributed by atoms with E-state index in [0.29, 0.717) is 20.5 Å². The number of aromatic hydroxyl groups is 1. The summed E-state index contributed by atoms with van der Waals surface area (Å²) in [5.41, 5.74) is 6.19. The minimum Gasteiger partial charge on any atom is -0.503 e. The number of imide groups is 4. The Kier molecular flexibility index (Phi) is 6.02. The van der Waals surface area contributed by atoms with Gasteiger partial charge in [0.25, 0.3) is 11.8 Å². The number of urea groups is 1. The van der Waals surface area contributed by atoms with E-state index < -0.39 is 63.1 Å². The lowest BCUT2D eigenvalue weighted by Gasteiger charge is -2.51. The van der Waals surface area contributed by atoms with Crippen molar-refractivity contribution in [2.24, 2.45) is 23.5 Å². The number of ether oxygens (including phenoxy) is 1. The number of hydrogen-bond acceptors (Lipinski definition) is 7. The highest BCUT2D eigenvalue weighted by molar-refractivity contribution is 9.13. The summed E-state index contributed by atoms with van der Waals surface area (Å²) in [7, 11) is 2.62. The van der Waals surface area contributed by atoms with Gasteiger partial charge in [0.15, 0.2) is 21.2 Å². The molecule has 3 N–H and O–H groups in total. The second-order valence-electron chi connectivity index (χ2n) is 9.49. The lowest BCUT2D eigenvalue weighted by molar-refractivity contribution is -0.139. The van der Waals surface area contributed by atoms with Crippen molar-refractivity contribution in [2.45, 2.75) is 28.5 Å². The van der Waals surface area contributed by atoms with Gasteiger partial charge in [-0.2, -0.15) is 4.90 Å². The molecule has 0 bridgehead atoms. The number of methoxy groups -OCH3 is 1. The number of carbonyl (C=O) groups is 5. The Morgan fingerprint density at radius 3 is 2.38 bits per heavy atom. The summed E-state index contributed by atoms with van der Waals surface area (Å²) in [5, 5.41) is 10.5. The molecule has 5 rings (SSSR count). The fourth-order valence-electron chi connectivity index (χ4n) is 6.28. The molecular weight excluding hydrogens is 661 g/mol. The average Bonchev–Trinajstić information content (AvgIpc) is 3.18. The number of fused-ring (bicyclic) bond motifs is 4. The summed E-state index contributed by atoms with van der Waals surface area (Å²) in [6, 6.07) is 0.284. The van der Waals surface area contributed by atoms with Gasteiger partial charge >= 0.3 is 6.03 Å². The van der Waals surface area contributed by atoms with Crippen molar-refractivity contribution in [2.75, 3.05) is 14.2 Å². The Hall–Kier alpha value is -2.15. The number of hydrogen-bond donors (Lipinski definition) is 2. The SMILES string of the molecule is COc1cc(C2C3=CCC4C(=O)N(C(N)=O)C(=O)C4C3CC3(Cl)C(=O)N(C)C(=O)C23Cl)c(Br)c(Br)c1O. The smallest absolute Gasteiger partial charge is 0.328 e. The van der Waals surface area contributed by atoms with E-state index in [4.69, 9.17) is 33.7 Å². The molecule has 0 aromatic heterocycles. The largest absolute Gasteiger partial charge is 0.503 e. The molecule has 10 nitrogen and oxygen atoms in total. The van der Waals surface area contributed by atoms with Crippen LogP contribution in [-0.2, 0) is 19.2 Å². The van der Waals surface area contributed by atoms with Gasteiger partial charge in [-0.25, -0.2) is 4.79 Å². The summed E-state index contributed by atoms with van der Waals surface area (Å²) >= 11 is 20.9. The molecule has 1 aromatic carbocycles. The van der Waals surface area contributed by atoms with E-state index in [1.54, 1.807) is 6.08 Å². The highest BCUT2D eigenvalue weighted by Gasteiger charge is 2.76. The molecule has 2 heterocycles. The average molecular weight is 680 g/mol. The maximum absolute atomic E-state index is 13.6. The summed E-state index contributed by atoms with van der Waals surface area (Å²) in [5.74, 6) is -6.96. The quantitative estimate of drug-likeness (QED) is 0.278. The molecule has 196 valence electrons. The monoisotopic (exact) mass is 677 g/mol. The maximum Gasteiger partial charge on any atom is 0.328 e. The molecule has 14 heteroatoms. The summed E-state index contributed by atoms with van der Waals surface area (Å²) in [6.07, 6.45) is 1.56. The van der Waals surface area contributed by atoms with Gasteiger partial charge in [0.1, 0.15) is 0 Å². The maximum atomic E-state index is 13.6. The van der Waals surface area contributed by atoms with Crippen molar-refractivity contribution in [3.63, 3.8) is 0 Å². The molecule has 0 spiro atoms.